The lowest BCUT2D eigenvalue weighted by Crippen LogP contribution is -1.96. The number of halogens is 1. The average Bonchev–Trinajstić information content (AvgIpc) is 3.25. The van der Waals surface area contributed by atoms with Crippen molar-refractivity contribution in [2.45, 2.75) is 13.8 Å². The van der Waals surface area contributed by atoms with E-state index >= 15 is 0 Å². The SMILES string of the molecule is CNc1ncccc1-c1noc(C(=Cc2ccc(C)c(C)c2)c2ccc(Cl)cc2)n1. The van der Waals surface area contributed by atoms with E-state index < -0.39 is 0 Å². The maximum absolute atomic E-state index is 6.09. The van der Waals surface area contributed by atoms with Crippen LogP contribution in [0.3, 0.4) is 0 Å². The minimum Gasteiger partial charge on any atom is -0.373 e. The zero-order valence-electron chi connectivity index (χ0n) is 17.0. The van der Waals surface area contributed by atoms with Crippen LogP contribution in [-0.4, -0.2) is 22.2 Å². The molecule has 0 atom stereocenters. The third-order valence-corrected chi connectivity index (χ3v) is 5.19. The van der Waals surface area contributed by atoms with Gasteiger partial charge in [0.25, 0.3) is 5.89 Å². The van der Waals surface area contributed by atoms with Gasteiger partial charge in [0.15, 0.2) is 0 Å². The summed E-state index contributed by atoms with van der Waals surface area (Å²) in [5.41, 5.74) is 6.06. The van der Waals surface area contributed by atoms with Gasteiger partial charge in [-0.15, -0.1) is 0 Å². The number of aromatic nitrogens is 3. The first-order valence-corrected chi connectivity index (χ1v) is 9.95. The van der Waals surface area contributed by atoms with E-state index in [0.717, 1.165) is 22.3 Å². The number of nitrogens with one attached hydrogen (secondary N) is 1. The van der Waals surface area contributed by atoms with Crippen LogP contribution in [0.2, 0.25) is 5.02 Å². The molecular weight excluding hydrogens is 396 g/mol. The fourth-order valence-corrected chi connectivity index (χ4v) is 3.27. The van der Waals surface area contributed by atoms with Crippen molar-refractivity contribution in [2.75, 3.05) is 12.4 Å². The molecule has 0 saturated carbocycles. The van der Waals surface area contributed by atoms with E-state index in [-0.39, 0.29) is 0 Å². The molecule has 6 heteroatoms. The molecule has 0 saturated heterocycles. The van der Waals surface area contributed by atoms with Gasteiger partial charge in [-0.05, 0) is 66.4 Å². The van der Waals surface area contributed by atoms with Crippen molar-refractivity contribution in [3.8, 4) is 11.4 Å². The van der Waals surface area contributed by atoms with Gasteiger partial charge in [-0.2, -0.15) is 4.98 Å². The van der Waals surface area contributed by atoms with Crippen LogP contribution in [0, 0.1) is 13.8 Å². The molecule has 30 heavy (non-hydrogen) atoms. The summed E-state index contributed by atoms with van der Waals surface area (Å²) in [5, 5.41) is 7.93. The zero-order chi connectivity index (χ0) is 21.1. The van der Waals surface area contributed by atoms with Gasteiger partial charge >= 0.3 is 0 Å². The quantitative estimate of drug-likeness (QED) is 0.402. The third kappa shape index (κ3) is 4.11. The first-order chi connectivity index (χ1) is 14.5. The van der Waals surface area contributed by atoms with Crippen molar-refractivity contribution in [1.29, 1.82) is 0 Å². The number of aryl methyl sites for hydroxylation is 2. The molecule has 0 spiro atoms. The summed E-state index contributed by atoms with van der Waals surface area (Å²) in [4.78, 5) is 8.98. The van der Waals surface area contributed by atoms with E-state index in [9.17, 15) is 0 Å². The fourth-order valence-electron chi connectivity index (χ4n) is 3.15. The van der Waals surface area contributed by atoms with E-state index in [1.807, 2.05) is 43.4 Å². The molecule has 0 fully saturated rings. The highest BCUT2D eigenvalue weighted by Gasteiger charge is 2.17. The van der Waals surface area contributed by atoms with Crippen molar-refractivity contribution < 1.29 is 4.52 Å². The summed E-state index contributed by atoms with van der Waals surface area (Å²) in [6, 6.07) is 17.7. The van der Waals surface area contributed by atoms with Gasteiger partial charge in [0, 0.05) is 23.8 Å². The number of benzene rings is 2. The Morgan fingerprint density at radius 2 is 1.83 bits per heavy atom. The molecule has 0 bridgehead atoms. The van der Waals surface area contributed by atoms with Gasteiger partial charge in [0.2, 0.25) is 5.82 Å². The average molecular weight is 417 g/mol. The smallest absolute Gasteiger partial charge is 0.258 e. The van der Waals surface area contributed by atoms with Crippen LogP contribution in [0.25, 0.3) is 23.0 Å². The fraction of sp³-hybridized carbons (Fsp3) is 0.125. The Balaban J connectivity index is 1.82. The number of pyridine rings is 1. The maximum atomic E-state index is 6.09. The van der Waals surface area contributed by atoms with Crippen molar-refractivity contribution in [3.63, 3.8) is 0 Å². The summed E-state index contributed by atoms with van der Waals surface area (Å²) in [5.74, 6) is 1.59. The van der Waals surface area contributed by atoms with Crippen LogP contribution in [-0.2, 0) is 0 Å². The van der Waals surface area contributed by atoms with E-state index in [1.165, 1.54) is 11.1 Å². The number of hydrogen-bond acceptors (Lipinski definition) is 5. The Morgan fingerprint density at radius 3 is 2.57 bits per heavy atom. The van der Waals surface area contributed by atoms with Crippen molar-refractivity contribution in [2.24, 2.45) is 0 Å². The number of hydrogen-bond donors (Lipinski definition) is 1. The molecule has 5 nitrogen and oxygen atoms in total. The number of nitrogens with zero attached hydrogens (tertiary/aromatic N) is 3. The van der Waals surface area contributed by atoms with Gasteiger partial charge in [0.1, 0.15) is 5.82 Å². The molecule has 0 unspecified atom stereocenters. The molecule has 2 aromatic heterocycles. The van der Waals surface area contributed by atoms with Crippen LogP contribution >= 0.6 is 11.6 Å². The van der Waals surface area contributed by atoms with Crippen LogP contribution < -0.4 is 5.32 Å². The molecule has 0 amide bonds. The highest BCUT2D eigenvalue weighted by molar-refractivity contribution is 6.30. The van der Waals surface area contributed by atoms with Crippen molar-refractivity contribution >= 4 is 29.1 Å². The molecule has 0 radical (unpaired) electrons. The lowest BCUT2D eigenvalue weighted by atomic mass is 10.0. The van der Waals surface area contributed by atoms with Crippen molar-refractivity contribution in [3.05, 3.63) is 94.0 Å². The summed E-state index contributed by atoms with van der Waals surface area (Å²) >= 11 is 6.09. The summed E-state index contributed by atoms with van der Waals surface area (Å²) in [7, 11) is 1.81. The molecule has 0 aliphatic heterocycles. The van der Waals surface area contributed by atoms with Crippen LogP contribution in [0.1, 0.15) is 28.1 Å². The van der Waals surface area contributed by atoms with E-state index in [0.29, 0.717) is 22.6 Å². The van der Waals surface area contributed by atoms with Gasteiger partial charge in [-0.25, -0.2) is 4.98 Å². The Hall–Kier alpha value is -3.44. The molecule has 0 aliphatic carbocycles. The van der Waals surface area contributed by atoms with Crippen LogP contribution in [0.4, 0.5) is 5.82 Å². The Morgan fingerprint density at radius 1 is 1.03 bits per heavy atom. The molecule has 1 N–H and O–H groups in total. The molecule has 150 valence electrons. The largest absolute Gasteiger partial charge is 0.373 e. The lowest BCUT2D eigenvalue weighted by molar-refractivity contribution is 0.409. The Kier molecular flexibility index (Phi) is 5.63. The predicted molar refractivity (Wildman–Crippen MR) is 121 cm³/mol. The summed E-state index contributed by atoms with van der Waals surface area (Å²) < 4.78 is 5.67. The first kappa shape index (κ1) is 19.9. The molecule has 4 aromatic rings. The van der Waals surface area contributed by atoms with Gasteiger partial charge in [-0.1, -0.05) is 47.1 Å². The van der Waals surface area contributed by atoms with Crippen LogP contribution in [0.15, 0.2) is 65.3 Å². The van der Waals surface area contributed by atoms with Crippen LogP contribution in [0.5, 0.6) is 0 Å². The monoisotopic (exact) mass is 416 g/mol. The minimum atomic E-state index is 0.427. The summed E-state index contributed by atoms with van der Waals surface area (Å²) in [6.45, 7) is 4.20. The molecule has 2 aromatic carbocycles. The zero-order valence-corrected chi connectivity index (χ0v) is 17.7. The standard InChI is InChI=1S/C24H21ClN4O/c1-15-6-7-17(13-16(15)2)14-21(18-8-10-19(25)11-9-18)24-28-23(29-30-24)20-5-4-12-27-22(20)26-3/h4-14H,1-3H3,(H,26,27). The predicted octanol–water partition coefficient (Wildman–Crippen LogP) is 6.03. The second kappa shape index (κ2) is 8.51. The molecule has 2 heterocycles. The lowest BCUT2D eigenvalue weighted by Gasteiger charge is -2.06. The number of anilines is 1. The van der Waals surface area contributed by atoms with E-state index in [1.54, 1.807) is 6.20 Å². The third-order valence-electron chi connectivity index (χ3n) is 4.94. The highest BCUT2D eigenvalue weighted by Crippen LogP contribution is 2.30. The maximum Gasteiger partial charge on any atom is 0.258 e. The van der Waals surface area contributed by atoms with Crippen molar-refractivity contribution in [1.82, 2.24) is 15.1 Å². The summed E-state index contributed by atoms with van der Waals surface area (Å²) in [6.07, 6.45) is 3.77. The topological polar surface area (TPSA) is 63.8 Å². The van der Waals surface area contributed by atoms with Gasteiger partial charge in [0.05, 0.1) is 5.56 Å². The Labute approximate surface area is 180 Å². The second-order valence-corrected chi connectivity index (χ2v) is 7.42. The second-order valence-electron chi connectivity index (χ2n) is 6.98. The Bertz CT molecular complexity index is 1210. The van der Waals surface area contributed by atoms with Gasteiger partial charge in [-0.3, -0.25) is 0 Å². The highest BCUT2D eigenvalue weighted by atomic mass is 35.5. The molecule has 4 rings (SSSR count). The number of rotatable bonds is 5. The molecule has 0 aliphatic rings. The minimum absolute atomic E-state index is 0.427. The van der Waals surface area contributed by atoms with Gasteiger partial charge < -0.3 is 9.84 Å². The van der Waals surface area contributed by atoms with E-state index in [4.69, 9.17) is 16.1 Å². The van der Waals surface area contributed by atoms with E-state index in [2.05, 4.69) is 58.6 Å². The first-order valence-electron chi connectivity index (χ1n) is 9.57. The normalized spacial score (nSPS) is 11.5. The molecular formula is C24H21ClN4O.